The minimum absolute atomic E-state index is 0.143. The first-order valence-electron chi connectivity index (χ1n) is 15.9. The van der Waals surface area contributed by atoms with Crippen molar-refractivity contribution < 1.29 is 23.3 Å². The van der Waals surface area contributed by atoms with Crippen LogP contribution in [0.4, 0.5) is 4.39 Å². The Morgan fingerprint density at radius 3 is 2.70 bits per heavy atom. The number of pyridine rings is 1. The molecule has 0 spiro atoms. The van der Waals surface area contributed by atoms with E-state index < -0.39 is 0 Å². The van der Waals surface area contributed by atoms with Crippen molar-refractivity contribution in [1.82, 2.24) is 19.4 Å². The highest BCUT2D eigenvalue weighted by Gasteiger charge is 2.36. The Morgan fingerprint density at radius 1 is 1.00 bits per heavy atom. The number of rotatable bonds is 8. The molecule has 0 bridgehead atoms. The number of aromatic nitrogens is 3. The summed E-state index contributed by atoms with van der Waals surface area (Å²) in [6, 6.07) is 15.9. The van der Waals surface area contributed by atoms with Gasteiger partial charge >= 0.3 is 0 Å². The highest BCUT2D eigenvalue weighted by Crippen LogP contribution is 2.38. The first-order chi connectivity index (χ1) is 21.6. The van der Waals surface area contributed by atoms with Crippen molar-refractivity contribution >= 4 is 11.0 Å². The number of aryl methyl sites for hydroxylation is 1. The second-order valence-electron chi connectivity index (χ2n) is 12.9. The second-order valence-corrected chi connectivity index (χ2v) is 12.9. The predicted molar refractivity (Wildman–Crippen MR) is 163 cm³/mol. The summed E-state index contributed by atoms with van der Waals surface area (Å²) in [5.74, 6) is 2.30. The first-order valence-corrected chi connectivity index (χ1v) is 15.9. The second kappa shape index (κ2) is 11.9. The Morgan fingerprint density at radius 2 is 1.91 bits per heavy atom. The maximum Gasteiger partial charge on any atom is 0.213 e. The van der Waals surface area contributed by atoms with E-state index in [1.807, 2.05) is 18.2 Å². The largest absolute Gasteiger partial charge is 0.473 e. The van der Waals surface area contributed by atoms with Gasteiger partial charge in [-0.15, -0.1) is 0 Å². The minimum atomic E-state index is -0.242. The quantitative estimate of drug-likeness (QED) is 0.266. The maximum atomic E-state index is 14.8. The fourth-order valence-electron chi connectivity index (χ4n) is 7.06. The van der Waals surface area contributed by atoms with Crippen LogP contribution in [-0.2, 0) is 40.5 Å². The van der Waals surface area contributed by atoms with Crippen LogP contribution in [0.15, 0.2) is 48.5 Å². The molecular weight excluding hydrogens is 559 g/mol. The zero-order valence-corrected chi connectivity index (χ0v) is 25.2. The normalized spacial score (nSPS) is 23.8. The smallest absolute Gasteiger partial charge is 0.213 e. The zero-order chi connectivity index (χ0) is 29.6. The van der Waals surface area contributed by atoms with E-state index in [-0.39, 0.29) is 24.4 Å². The number of fused-ring (bicyclic) bond motifs is 4. The number of ether oxygens (including phenoxy) is 4. The Kier molecular flexibility index (Phi) is 7.58. The lowest BCUT2D eigenvalue weighted by Crippen LogP contribution is -2.41. The monoisotopic (exact) mass is 598 g/mol. The molecule has 0 amide bonds. The highest BCUT2D eigenvalue weighted by molar-refractivity contribution is 5.77. The first kappa shape index (κ1) is 28.1. The van der Waals surface area contributed by atoms with Gasteiger partial charge < -0.3 is 23.5 Å². The van der Waals surface area contributed by atoms with E-state index in [1.165, 1.54) is 11.1 Å². The molecule has 0 saturated carbocycles. The lowest BCUT2D eigenvalue weighted by Gasteiger charge is -2.37. The standard InChI is InChI=1S/C35H39FN4O4/c1-22-2-6-31-32(12-22)40(15-28-9-11-43-28)33(37-31)16-39-10-8-29-26(14-39)18-41-17-25-5-7-34(38-35(25)29)44-21-24-4-3-23(13-30(24)36)27-19-42-20-27/h2-7,12-13,26-29H,8-11,14-21H2,1H3/t26?,28-,29-/m0/s1. The summed E-state index contributed by atoms with van der Waals surface area (Å²) in [6.45, 7) is 9.22. The number of benzene rings is 2. The van der Waals surface area contributed by atoms with Crippen molar-refractivity contribution in [2.45, 2.75) is 64.0 Å². The fourth-order valence-corrected chi connectivity index (χ4v) is 7.06. The van der Waals surface area contributed by atoms with Crippen molar-refractivity contribution in [3.63, 3.8) is 0 Å². The van der Waals surface area contributed by atoms with Crippen molar-refractivity contribution in [2.24, 2.45) is 5.92 Å². The summed E-state index contributed by atoms with van der Waals surface area (Å²) in [6.07, 6.45) is 2.36. The van der Waals surface area contributed by atoms with Gasteiger partial charge in [0.25, 0.3) is 0 Å². The molecule has 8 rings (SSSR count). The summed E-state index contributed by atoms with van der Waals surface area (Å²) in [7, 11) is 0. The van der Waals surface area contributed by atoms with Gasteiger partial charge in [-0.3, -0.25) is 4.90 Å². The van der Waals surface area contributed by atoms with Gasteiger partial charge in [0.2, 0.25) is 5.88 Å². The van der Waals surface area contributed by atoms with E-state index >= 15 is 0 Å². The van der Waals surface area contributed by atoms with Gasteiger partial charge in [0.15, 0.2) is 0 Å². The Bertz CT molecular complexity index is 1670. The molecule has 8 nitrogen and oxygen atoms in total. The molecule has 2 aromatic carbocycles. The molecule has 4 aliphatic heterocycles. The molecule has 0 aliphatic carbocycles. The third kappa shape index (κ3) is 5.51. The number of imidazole rings is 1. The third-order valence-corrected chi connectivity index (χ3v) is 9.84. The summed E-state index contributed by atoms with van der Waals surface area (Å²) in [5, 5.41) is 0. The van der Waals surface area contributed by atoms with Crippen LogP contribution in [0.5, 0.6) is 5.88 Å². The summed E-state index contributed by atoms with van der Waals surface area (Å²) in [5.41, 5.74) is 7.19. The lowest BCUT2D eigenvalue weighted by atomic mass is 9.82. The fraction of sp³-hybridized carbons (Fsp3) is 0.486. The van der Waals surface area contributed by atoms with E-state index in [2.05, 4.69) is 40.7 Å². The Labute approximate surface area is 257 Å². The topological polar surface area (TPSA) is 70.9 Å². The molecule has 3 atom stereocenters. The van der Waals surface area contributed by atoms with Crippen LogP contribution in [0.1, 0.15) is 58.4 Å². The number of nitrogens with zero attached hydrogens (tertiary/aromatic N) is 4. The minimum Gasteiger partial charge on any atom is -0.473 e. The van der Waals surface area contributed by atoms with E-state index in [9.17, 15) is 4.39 Å². The van der Waals surface area contributed by atoms with Gasteiger partial charge in [0, 0.05) is 42.5 Å². The molecule has 0 N–H and O–H groups in total. The predicted octanol–water partition coefficient (Wildman–Crippen LogP) is 5.50. The molecular formula is C35H39FN4O4. The molecule has 2 aromatic heterocycles. The van der Waals surface area contributed by atoms with Gasteiger partial charge in [-0.2, -0.15) is 0 Å². The van der Waals surface area contributed by atoms with Crippen LogP contribution in [0, 0.1) is 18.7 Å². The summed E-state index contributed by atoms with van der Waals surface area (Å²) >= 11 is 0. The van der Waals surface area contributed by atoms with Crippen molar-refractivity contribution in [1.29, 1.82) is 0 Å². The molecule has 3 saturated heterocycles. The van der Waals surface area contributed by atoms with Crippen LogP contribution in [-0.4, -0.2) is 65.1 Å². The van der Waals surface area contributed by atoms with E-state index in [1.54, 1.807) is 6.07 Å². The molecule has 230 valence electrons. The van der Waals surface area contributed by atoms with E-state index in [0.717, 1.165) is 73.8 Å². The molecule has 9 heteroatoms. The average molecular weight is 599 g/mol. The Hall–Kier alpha value is -3.37. The number of hydrogen-bond acceptors (Lipinski definition) is 7. The van der Waals surface area contributed by atoms with Crippen LogP contribution < -0.4 is 4.74 Å². The number of likely N-dealkylation sites (tertiary alicyclic amines) is 1. The van der Waals surface area contributed by atoms with E-state index in [0.29, 0.717) is 49.7 Å². The van der Waals surface area contributed by atoms with Gasteiger partial charge in [0.05, 0.1) is 62.3 Å². The zero-order valence-electron chi connectivity index (χ0n) is 25.2. The SMILES string of the molecule is Cc1ccc2nc(CN3CC[C@@H]4c5nc(OCc6ccc(C7COC7)cc6F)ccc5COCC4C3)n(C[C@@H]3CCO3)c2c1. The molecule has 4 aliphatic rings. The molecule has 6 heterocycles. The number of halogens is 1. The third-order valence-electron chi connectivity index (χ3n) is 9.84. The molecule has 44 heavy (non-hydrogen) atoms. The summed E-state index contributed by atoms with van der Waals surface area (Å²) in [4.78, 5) is 12.6. The van der Waals surface area contributed by atoms with Crippen molar-refractivity contribution in [3.8, 4) is 5.88 Å². The van der Waals surface area contributed by atoms with Crippen LogP contribution in [0.3, 0.4) is 0 Å². The van der Waals surface area contributed by atoms with Gasteiger partial charge in [-0.25, -0.2) is 14.4 Å². The average Bonchev–Trinajstić information content (AvgIpc) is 3.18. The van der Waals surface area contributed by atoms with Crippen molar-refractivity contribution in [2.75, 3.05) is 39.5 Å². The van der Waals surface area contributed by atoms with Crippen LogP contribution in [0.2, 0.25) is 0 Å². The van der Waals surface area contributed by atoms with Gasteiger partial charge in [-0.05, 0) is 67.3 Å². The number of piperidine rings is 1. The lowest BCUT2D eigenvalue weighted by molar-refractivity contribution is -0.0592. The number of hydrogen-bond donors (Lipinski definition) is 0. The molecule has 4 aromatic rings. The van der Waals surface area contributed by atoms with Crippen LogP contribution >= 0.6 is 0 Å². The summed E-state index contributed by atoms with van der Waals surface area (Å²) < 4.78 is 40.5. The highest BCUT2D eigenvalue weighted by atomic mass is 19.1. The van der Waals surface area contributed by atoms with Crippen molar-refractivity contribution in [3.05, 3.63) is 88.1 Å². The molecule has 3 fully saturated rings. The van der Waals surface area contributed by atoms with Crippen LogP contribution in [0.25, 0.3) is 11.0 Å². The Balaban J connectivity index is 0.966. The molecule has 0 radical (unpaired) electrons. The van der Waals surface area contributed by atoms with E-state index in [4.69, 9.17) is 28.9 Å². The maximum absolute atomic E-state index is 14.8. The van der Waals surface area contributed by atoms with Gasteiger partial charge in [0.1, 0.15) is 18.2 Å². The van der Waals surface area contributed by atoms with Gasteiger partial charge in [-0.1, -0.05) is 18.2 Å². The molecule has 1 unspecified atom stereocenters.